The van der Waals surface area contributed by atoms with Crippen molar-refractivity contribution in [2.24, 2.45) is 4.99 Å². The molecule has 7 nitrogen and oxygen atoms in total. The van der Waals surface area contributed by atoms with Crippen molar-refractivity contribution in [2.75, 3.05) is 32.5 Å². The molecule has 3 rings (SSSR count). The highest BCUT2D eigenvalue weighted by Crippen LogP contribution is 2.24. The van der Waals surface area contributed by atoms with Crippen molar-refractivity contribution in [1.29, 1.82) is 0 Å². The van der Waals surface area contributed by atoms with Gasteiger partial charge in [0.1, 0.15) is 0 Å². The zero-order valence-electron chi connectivity index (χ0n) is 18.7. The molecule has 3 N–H and O–H groups in total. The monoisotopic (exact) mass is 564 g/mol. The van der Waals surface area contributed by atoms with Gasteiger partial charge in [0.15, 0.2) is 5.96 Å². The van der Waals surface area contributed by atoms with Crippen LogP contribution in [0.25, 0.3) is 0 Å². The summed E-state index contributed by atoms with van der Waals surface area (Å²) < 4.78 is 32.8. The number of benzene rings is 1. The van der Waals surface area contributed by atoms with Gasteiger partial charge in [-0.2, -0.15) is 0 Å². The van der Waals surface area contributed by atoms with Gasteiger partial charge in [-0.1, -0.05) is 18.2 Å². The Balaban J connectivity index is 0.00000341. The quantitative estimate of drug-likeness (QED) is 0.257. The van der Waals surface area contributed by atoms with E-state index in [1.54, 1.807) is 7.05 Å². The van der Waals surface area contributed by atoms with E-state index in [4.69, 9.17) is 4.74 Å². The lowest BCUT2D eigenvalue weighted by Gasteiger charge is -2.23. The van der Waals surface area contributed by atoms with Crippen LogP contribution in [0.5, 0.6) is 0 Å². The van der Waals surface area contributed by atoms with E-state index in [0.717, 1.165) is 32.3 Å². The average Bonchev–Trinajstić information content (AvgIpc) is 2.77. The highest BCUT2D eigenvalue weighted by atomic mass is 127. The molecule has 176 valence electrons. The number of hydrogen-bond donors (Lipinski definition) is 3. The predicted octanol–water partition coefficient (Wildman–Crippen LogP) is 2.90. The molecule has 0 radical (unpaired) electrons. The molecule has 1 aliphatic carbocycles. The van der Waals surface area contributed by atoms with Crippen LogP contribution in [0.4, 0.5) is 0 Å². The van der Waals surface area contributed by atoms with Crippen LogP contribution in [0.3, 0.4) is 0 Å². The number of nitrogens with zero attached hydrogens (tertiary/aromatic N) is 1. The molecule has 0 spiro atoms. The van der Waals surface area contributed by atoms with Crippen LogP contribution in [0.1, 0.15) is 61.8 Å². The van der Waals surface area contributed by atoms with Crippen LogP contribution >= 0.6 is 24.0 Å². The van der Waals surface area contributed by atoms with E-state index < -0.39 is 10.0 Å². The van der Waals surface area contributed by atoms with Crippen molar-refractivity contribution in [3.8, 4) is 0 Å². The van der Waals surface area contributed by atoms with E-state index in [1.807, 2.05) is 0 Å². The average molecular weight is 565 g/mol. The number of ether oxygens (including phenoxy) is 1. The first-order valence-electron chi connectivity index (χ1n) is 11.1. The number of rotatable bonds is 8. The number of sulfonamides is 1. The van der Waals surface area contributed by atoms with Crippen molar-refractivity contribution >= 4 is 40.0 Å². The van der Waals surface area contributed by atoms with Crippen molar-refractivity contribution < 1.29 is 13.2 Å². The Bertz CT molecular complexity index is 826. The zero-order chi connectivity index (χ0) is 21.4. The second kappa shape index (κ2) is 13.0. The SMILES string of the molecule is CN=C(NCCS(=O)(=O)NCC1CCCCO1)NC(C)c1ccc2c(c1)CCCC2.I. The zero-order valence-corrected chi connectivity index (χ0v) is 21.8. The summed E-state index contributed by atoms with van der Waals surface area (Å²) in [6, 6.07) is 6.80. The molecule has 2 atom stereocenters. The Morgan fingerprint density at radius 1 is 1.19 bits per heavy atom. The van der Waals surface area contributed by atoms with Gasteiger partial charge in [-0.15, -0.1) is 24.0 Å². The fourth-order valence-corrected chi connectivity index (χ4v) is 5.02. The van der Waals surface area contributed by atoms with Gasteiger partial charge < -0.3 is 15.4 Å². The third-order valence-electron chi connectivity index (χ3n) is 5.92. The number of hydrogen-bond acceptors (Lipinski definition) is 4. The van der Waals surface area contributed by atoms with Gasteiger partial charge in [-0.3, -0.25) is 4.99 Å². The topological polar surface area (TPSA) is 91.8 Å². The maximum absolute atomic E-state index is 12.3. The molecular weight excluding hydrogens is 527 g/mol. The van der Waals surface area contributed by atoms with Gasteiger partial charge in [0.25, 0.3) is 0 Å². The van der Waals surface area contributed by atoms with Crippen LogP contribution in [0.2, 0.25) is 0 Å². The smallest absolute Gasteiger partial charge is 0.213 e. The Morgan fingerprint density at radius 3 is 2.68 bits per heavy atom. The molecule has 2 aliphatic rings. The van der Waals surface area contributed by atoms with Crippen LogP contribution in [-0.4, -0.2) is 53.0 Å². The summed E-state index contributed by atoms with van der Waals surface area (Å²) in [5.41, 5.74) is 4.14. The summed E-state index contributed by atoms with van der Waals surface area (Å²) in [6.07, 6.45) is 7.93. The molecule has 1 saturated heterocycles. The van der Waals surface area contributed by atoms with E-state index in [1.165, 1.54) is 36.0 Å². The molecule has 2 unspecified atom stereocenters. The Kier molecular flexibility index (Phi) is 11.0. The highest BCUT2D eigenvalue weighted by Gasteiger charge is 2.18. The van der Waals surface area contributed by atoms with E-state index in [-0.39, 0.29) is 48.4 Å². The summed E-state index contributed by atoms with van der Waals surface area (Å²) in [6.45, 7) is 3.46. The molecule has 0 bridgehead atoms. The minimum atomic E-state index is -3.35. The summed E-state index contributed by atoms with van der Waals surface area (Å²) in [4.78, 5) is 4.24. The first-order valence-corrected chi connectivity index (χ1v) is 12.8. The molecule has 1 aromatic carbocycles. The van der Waals surface area contributed by atoms with Crippen molar-refractivity contribution in [3.05, 3.63) is 34.9 Å². The van der Waals surface area contributed by atoms with Crippen molar-refractivity contribution in [1.82, 2.24) is 15.4 Å². The standard InChI is InChI=1S/C22H36N4O3S.HI/c1-17(19-11-10-18-7-3-4-8-20(18)15-19)26-22(23-2)24-12-14-30(27,28)25-16-21-9-5-6-13-29-21;/h10-11,15,17,21,25H,3-9,12-14,16H2,1-2H3,(H2,23,24,26);1H. The first kappa shape index (κ1) is 26.3. The van der Waals surface area contributed by atoms with Crippen molar-refractivity contribution in [2.45, 2.75) is 64.0 Å². The number of aryl methyl sites for hydroxylation is 2. The van der Waals surface area contributed by atoms with E-state index in [9.17, 15) is 8.42 Å². The lowest BCUT2D eigenvalue weighted by Crippen LogP contribution is -2.43. The number of aliphatic imine (C=N–C) groups is 1. The van der Waals surface area contributed by atoms with Crippen molar-refractivity contribution in [3.63, 3.8) is 0 Å². The number of guanidine groups is 1. The number of halogens is 1. The number of nitrogens with one attached hydrogen (secondary N) is 3. The molecule has 0 amide bonds. The molecule has 1 aromatic rings. The Hall–Kier alpha value is -0.910. The third kappa shape index (κ3) is 8.51. The van der Waals surface area contributed by atoms with Crippen LogP contribution in [0.15, 0.2) is 23.2 Å². The summed E-state index contributed by atoms with van der Waals surface area (Å²) in [5.74, 6) is 0.597. The second-order valence-corrected chi connectivity index (χ2v) is 10.2. The highest BCUT2D eigenvalue weighted by molar-refractivity contribution is 14.0. The minimum absolute atomic E-state index is 0. The lowest BCUT2D eigenvalue weighted by atomic mass is 9.89. The van der Waals surface area contributed by atoms with E-state index >= 15 is 0 Å². The Labute approximate surface area is 204 Å². The van der Waals surface area contributed by atoms with Crippen LogP contribution in [0, 0.1) is 0 Å². The molecule has 0 saturated carbocycles. The minimum Gasteiger partial charge on any atom is -0.377 e. The summed E-state index contributed by atoms with van der Waals surface area (Å²) in [7, 11) is -1.65. The molecular formula is C22H37IN4O3S. The van der Waals surface area contributed by atoms with Crippen LogP contribution < -0.4 is 15.4 Å². The largest absolute Gasteiger partial charge is 0.377 e. The maximum atomic E-state index is 12.3. The first-order chi connectivity index (χ1) is 14.5. The fourth-order valence-electron chi connectivity index (χ4n) is 4.07. The number of fused-ring (bicyclic) bond motifs is 1. The lowest BCUT2D eigenvalue weighted by molar-refractivity contribution is 0.0200. The second-order valence-electron chi connectivity index (χ2n) is 8.26. The predicted molar refractivity (Wildman–Crippen MR) is 137 cm³/mol. The molecule has 1 aliphatic heterocycles. The third-order valence-corrected chi connectivity index (χ3v) is 7.27. The fraction of sp³-hybridized carbons (Fsp3) is 0.682. The van der Waals surface area contributed by atoms with Gasteiger partial charge in [0.05, 0.1) is 17.9 Å². The molecule has 31 heavy (non-hydrogen) atoms. The summed E-state index contributed by atoms with van der Waals surface area (Å²) >= 11 is 0. The molecule has 0 aromatic heterocycles. The Morgan fingerprint density at radius 2 is 1.97 bits per heavy atom. The van der Waals surface area contributed by atoms with Gasteiger partial charge in [-0.05, 0) is 68.6 Å². The summed E-state index contributed by atoms with van der Waals surface area (Å²) in [5, 5.41) is 6.48. The maximum Gasteiger partial charge on any atom is 0.213 e. The van der Waals surface area contributed by atoms with Crippen LogP contribution in [-0.2, 0) is 27.6 Å². The molecule has 9 heteroatoms. The van der Waals surface area contributed by atoms with E-state index in [0.29, 0.717) is 12.5 Å². The van der Waals surface area contributed by atoms with Gasteiger partial charge in [0, 0.05) is 26.7 Å². The van der Waals surface area contributed by atoms with Gasteiger partial charge >= 0.3 is 0 Å². The normalized spacial score (nSPS) is 20.3. The molecule has 1 heterocycles. The van der Waals surface area contributed by atoms with Gasteiger partial charge in [-0.25, -0.2) is 13.1 Å². The van der Waals surface area contributed by atoms with E-state index in [2.05, 4.69) is 45.5 Å². The molecule has 1 fully saturated rings. The van der Waals surface area contributed by atoms with Gasteiger partial charge in [0.2, 0.25) is 10.0 Å².